The number of halogens is 3. The molecule has 45 heavy (non-hydrogen) atoms. The Balaban J connectivity index is 1.48. The van der Waals surface area contributed by atoms with E-state index in [1.807, 2.05) is 4.90 Å². The van der Waals surface area contributed by atoms with E-state index in [4.69, 9.17) is 10.5 Å². The topological polar surface area (TPSA) is 148 Å². The Morgan fingerprint density at radius 1 is 1.18 bits per heavy atom. The quantitative estimate of drug-likeness (QED) is 0.310. The third-order valence-corrected chi connectivity index (χ3v) is 9.45. The number of hydrogen-bond donors (Lipinski definition) is 3. The average Bonchev–Trinajstić information content (AvgIpc) is 3.39. The van der Waals surface area contributed by atoms with Crippen LogP contribution in [0.3, 0.4) is 0 Å². The molecule has 2 aliphatic heterocycles. The van der Waals surface area contributed by atoms with Crippen molar-refractivity contribution in [1.29, 1.82) is 0 Å². The summed E-state index contributed by atoms with van der Waals surface area (Å²) < 4.78 is 74.5. The van der Waals surface area contributed by atoms with E-state index in [1.165, 1.54) is 36.4 Å². The van der Waals surface area contributed by atoms with E-state index in [0.717, 1.165) is 6.26 Å². The first-order chi connectivity index (χ1) is 21.2. The van der Waals surface area contributed by atoms with Gasteiger partial charge < -0.3 is 25.8 Å². The second-order valence-electron chi connectivity index (χ2n) is 11.6. The molecule has 3 heterocycles. The maximum atomic E-state index is 14.8. The summed E-state index contributed by atoms with van der Waals surface area (Å²) in [6, 6.07) is 10.9. The lowest BCUT2D eigenvalue weighted by Crippen LogP contribution is -2.41. The Labute approximate surface area is 259 Å². The van der Waals surface area contributed by atoms with Gasteiger partial charge in [0.25, 0.3) is 0 Å². The van der Waals surface area contributed by atoms with Gasteiger partial charge in [0.1, 0.15) is 11.9 Å². The molecule has 14 heteroatoms. The van der Waals surface area contributed by atoms with Crippen molar-refractivity contribution in [2.75, 3.05) is 36.5 Å². The van der Waals surface area contributed by atoms with Gasteiger partial charge in [-0.05, 0) is 66.5 Å². The summed E-state index contributed by atoms with van der Waals surface area (Å²) in [6.45, 7) is 3.31. The lowest BCUT2D eigenvalue weighted by molar-refractivity contribution is -0.198. The van der Waals surface area contributed by atoms with Crippen molar-refractivity contribution in [2.45, 2.75) is 49.4 Å². The Hall–Kier alpha value is -4.17. The number of nitrogens with one attached hydrogen (secondary N) is 1. The van der Waals surface area contributed by atoms with Crippen molar-refractivity contribution in [3.05, 3.63) is 65.7 Å². The summed E-state index contributed by atoms with van der Waals surface area (Å²) in [4.78, 5) is 21.5. The number of carboxylic acid groups (broad SMARTS) is 1. The summed E-state index contributed by atoms with van der Waals surface area (Å²) >= 11 is 0. The normalized spacial score (nSPS) is 19.2. The number of aliphatic carboxylic acids is 1. The van der Waals surface area contributed by atoms with Crippen LogP contribution in [-0.2, 0) is 14.6 Å². The minimum absolute atomic E-state index is 0.0312. The number of nitrogens with two attached hydrogens (primary N) is 1. The molecule has 0 aliphatic carbocycles. The highest BCUT2D eigenvalue weighted by atomic mass is 32.2. The molecule has 3 aromatic rings. The molecule has 5 rings (SSSR count). The van der Waals surface area contributed by atoms with Crippen LogP contribution in [0.1, 0.15) is 43.4 Å². The van der Waals surface area contributed by atoms with E-state index in [2.05, 4.69) is 15.3 Å². The SMILES string of the molecule is CC=Cc1ccc(-c2cccc(S(C)(=O)=O)c2)c([C@@H](Oc2cc(N3CCC4(CC3)CN[C@H](C(=O)O)C4)nc(N)n2)C(F)(F)F)c1. The highest BCUT2D eigenvalue weighted by Gasteiger charge is 2.46. The summed E-state index contributed by atoms with van der Waals surface area (Å²) in [5, 5.41) is 12.4. The second-order valence-corrected chi connectivity index (χ2v) is 13.6. The number of piperidine rings is 1. The Kier molecular flexibility index (Phi) is 8.82. The molecule has 2 saturated heterocycles. The predicted octanol–water partition coefficient (Wildman–Crippen LogP) is 4.88. The molecule has 1 aromatic heterocycles. The smallest absolute Gasteiger partial charge is 0.429 e. The first kappa shape index (κ1) is 32.2. The van der Waals surface area contributed by atoms with Gasteiger partial charge in [0.05, 0.1) is 4.90 Å². The zero-order chi connectivity index (χ0) is 32.6. The molecular weight excluding hydrogens is 611 g/mol. The van der Waals surface area contributed by atoms with E-state index in [9.17, 15) is 31.5 Å². The molecule has 0 amide bonds. The minimum Gasteiger partial charge on any atom is -0.480 e. The van der Waals surface area contributed by atoms with Crippen molar-refractivity contribution in [3.8, 4) is 17.0 Å². The van der Waals surface area contributed by atoms with Gasteiger partial charge in [0, 0.05) is 37.5 Å². The average molecular weight is 646 g/mol. The van der Waals surface area contributed by atoms with Crippen LogP contribution in [0.25, 0.3) is 17.2 Å². The van der Waals surface area contributed by atoms with Crippen LogP contribution < -0.4 is 20.7 Å². The summed E-state index contributed by atoms with van der Waals surface area (Å²) in [7, 11) is -3.62. The number of aromatic nitrogens is 2. The fourth-order valence-electron chi connectivity index (χ4n) is 6.01. The zero-order valence-corrected chi connectivity index (χ0v) is 25.5. The maximum absolute atomic E-state index is 14.8. The molecule has 1 spiro atoms. The largest absolute Gasteiger partial charge is 0.480 e. The van der Waals surface area contributed by atoms with Gasteiger partial charge >= 0.3 is 12.1 Å². The van der Waals surface area contributed by atoms with Crippen LogP contribution in [-0.4, -0.2) is 67.6 Å². The number of nitrogens with zero attached hydrogens (tertiary/aromatic N) is 3. The van der Waals surface area contributed by atoms with E-state index in [-0.39, 0.29) is 38.8 Å². The number of allylic oxidation sites excluding steroid dienone is 1. The van der Waals surface area contributed by atoms with Crippen molar-refractivity contribution >= 4 is 33.6 Å². The van der Waals surface area contributed by atoms with Crippen molar-refractivity contribution in [2.24, 2.45) is 5.41 Å². The van der Waals surface area contributed by atoms with Crippen LogP contribution in [0.2, 0.25) is 0 Å². The van der Waals surface area contributed by atoms with Gasteiger partial charge in [0.15, 0.2) is 9.84 Å². The van der Waals surface area contributed by atoms with Crippen molar-refractivity contribution < 1.29 is 36.2 Å². The highest BCUT2D eigenvalue weighted by molar-refractivity contribution is 7.90. The Morgan fingerprint density at radius 2 is 1.91 bits per heavy atom. The van der Waals surface area contributed by atoms with Gasteiger partial charge in [-0.2, -0.15) is 23.1 Å². The number of carboxylic acids is 1. The first-order valence-corrected chi connectivity index (χ1v) is 16.2. The van der Waals surface area contributed by atoms with Crippen molar-refractivity contribution in [3.63, 3.8) is 0 Å². The molecule has 2 aromatic carbocycles. The number of ether oxygens (including phenoxy) is 1. The van der Waals surface area contributed by atoms with Crippen LogP contribution in [0, 0.1) is 5.41 Å². The van der Waals surface area contributed by atoms with Crippen LogP contribution in [0.4, 0.5) is 24.9 Å². The van der Waals surface area contributed by atoms with E-state index >= 15 is 0 Å². The van der Waals surface area contributed by atoms with E-state index in [0.29, 0.717) is 50.3 Å². The zero-order valence-electron chi connectivity index (χ0n) is 24.7. The summed E-state index contributed by atoms with van der Waals surface area (Å²) in [6.07, 6.45) is -1.17. The molecule has 2 aliphatic rings. The third kappa shape index (κ3) is 7.22. The molecule has 0 saturated carbocycles. The standard InChI is InChI=1S/C31H34F3N5O5S/c1-3-5-19-8-9-22(20-6-4-7-21(15-20)45(2,42)43)23(14-19)27(31(32,33)34)44-26-16-25(37-29(35)38-26)39-12-10-30(11-13-39)17-24(28(40)41)36-18-30/h3-9,14-16,24,27,36H,10-13,17-18H2,1-2H3,(H,40,41)(H2,35,37,38)/t24-,27+/m0/s1. The van der Waals surface area contributed by atoms with Gasteiger partial charge in [0.2, 0.25) is 17.9 Å². The van der Waals surface area contributed by atoms with Gasteiger partial charge in [-0.1, -0.05) is 36.4 Å². The van der Waals surface area contributed by atoms with Gasteiger partial charge in [-0.3, -0.25) is 4.79 Å². The van der Waals surface area contributed by atoms with E-state index in [1.54, 1.807) is 31.2 Å². The number of carbonyl (C=O) groups is 1. The molecule has 2 atom stereocenters. The number of benzene rings is 2. The number of sulfone groups is 1. The third-order valence-electron chi connectivity index (χ3n) is 8.34. The lowest BCUT2D eigenvalue weighted by atomic mass is 9.76. The summed E-state index contributed by atoms with van der Waals surface area (Å²) in [5.41, 5.74) is 6.44. The number of hydrogen-bond acceptors (Lipinski definition) is 9. The fraction of sp³-hybridized carbons (Fsp3) is 0.387. The van der Waals surface area contributed by atoms with Crippen LogP contribution in [0.15, 0.2) is 59.5 Å². The van der Waals surface area contributed by atoms with Gasteiger partial charge in [-0.25, -0.2) is 8.42 Å². The van der Waals surface area contributed by atoms with Crippen LogP contribution in [0.5, 0.6) is 5.88 Å². The molecule has 2 fully saturated rings. The highest BCUT2D eigenvalue weighted by Crippen LogP contribution is 2.43. The Morgan fingerprint density at radius 3 is 2.53 bits per heavy atom. The number of nitrogen functional groups attached to an aromatic ring is 1. The van der Waals surface area contributed by atoms with Gasteiger partial charge in [-0.15, -0.1) is 0 Å². The second kappa shape index (κ2) is 12.3. The molecule has 240 valence electrons. The molecule has 10 nitrogen and oxygen atoms in total. The molecule has 0 radical (unpaired) electrons. The minimum atomic E-state index is -4.90. The first-order valence-electron chi connectivity index (χ1n) is 14.3. The fourth-order valence-corrected chi connectivity index (χ4v) is 6.68. The predicted molar refractivity (Wildman–Crippen MR) is 163 cm³/mol. The number of alkyl halides is 3. The Bertz CT molecular complexity index is 1720. The van der Waals surface area contributed by atoms with Crippen molar-refractivity contribution in [1.82, 2.24) is 15.3 Å². The summed E-state index contributed by atoms with van der Waals surface area (Å²) in [5.74, 6) is -1.22. The van der Waals surface area contributed by atoms with Crippen LogP contribution >= 0.6 is 0 Å². The molecule has 0 unspecified atom stereocenters. The monoisotopic (exact) mass is 645 g/mol. The molecule has 4 N–H and O–H groups in total. The number of rotatable bonds is 8. The molecule has 0 bridgehead atoms. The number of anilines is 2. The molecular formula is C31H34F3N5O5S. The lowest BCUT2D eigenvalue weighted by Gasteiger charge is -2.39. The maximum Gasteiger partial charge on any atom is 0.429 e. The van der Waals surface area contributed by atoms with E-state index < -0.39 is 34.1 Å².